The number of carbonyl (C=O) groups is 1. The molecule has 11 heteroatoms. The van der Waals surface area contributed by atoms with Crippen LogP contribution >= 0.6 is 0 Å². The summed E-state index contributed by atoms with van der Waals surface area (Å²) in [6.07, 6.45) is 8.32. The van der Waals surface area contributed by atoms with Crippen molar-refractivity contribution < 1.29 is 21.6 Å². The van der Waals surface area contributed by atoms with Crippen LogP contribution in [0.1, 0.15) is 57.8 Å². The lowest BCUT2D eigenvalue weighted by Crippen LogP contribution is -2.51. The van der Waals surface area contributed by atoms with Crippen molar-refractivity contribution >= 4 is 26.1 Å². The number of amides is 2. The molecule has 0 bridgehead atoms. The van der Waals surface area contributed by atoms with E-state index < -0.39 is 20.0 Å². The molecule has 0 radical (unpaired) electrons. The zero-order valence-corrected chi connectivity index (χ0v) is 20.5. The molecule has 0 spiro atoms. The minimum absolute atomic E-state index is 0.0620. The minimum Gasteiger partial charge on any atom is -0.335 e. The third-order valence-electron chi connectivity index (χ3n) is 6.89. The van der Waals surface area contributed by atoms with Gasteiger partial charge in [0.25, 0.3) is 0 Å². The van der Waals surface area contributed by atoms with Gasteiger partial charge >= 0.3 is 6.03 Å². The van der Waals surface area contributed by atoms with Crippen LogP contribution < -0.4 is 10.6 Å². The molecule has 184 valence electrons. The third kappa shape index (κ3) is 5.70. The molecule has 33 heavy (non-hydrogen) atoms. The Labute approximate surface area is 197 Å². The van der Waals surface area contributed by atoms with Crippen molar-refractivity contribution in [1.29, 1.82) is 0 Å². The second kappa shape index (κ2) is 10.3. The van der Waals surface area contributed by atoms with Gasteiger partial charge in [-0.25, -0.2) is 21.6 Å². The number of hydrogen-bond acceptors (Lipinski definition) is 5. The molecule has 2 heterocycles. The van der Waals surface area contributed by atoms with Crippen LogP contribution in [-0.4, -0.2) is 69.7 Å². The van der Waals surface area contributed by atoms with Gasteiger partial charge < -0.3 is 10.6 Å². The molecule has 1 saturated carbocycles. The molecule has 0 atom stereocenters. The topological polar surface area (TPSA) is 116 Å². The molecular weight excluding hydrogens is 464 g/mol. The van der Waals surface area contributed by atoms with E-state index in [1.54, 1.807) is 0 Å². The first-order valence-corrected chi connectivity index (χ1v) is 14.8. The molecule has 1 aromatic carbocycles. The lowest BCUT2D eigenvalue weighted by molar-refractivity contribution is 0.220. The summed E-state index contributed by atoms with van der Waals surface area (Å²) in [6.45, 7) is 1.63. The Kier molecular flexibility index (Phi) is 7.62. The number of hydrogen-bond donors (Lipinski definition) is 2. The zero-order chi connectivity index (χ0) is 23.5. The molecule has 9 nitrogen and oxygen atoms in total. The second-order valence-electron chi connectivity index (χ2n) is 9.21. The van der Waals surface area contributed by atoms with Crippen LogP contribution in [0.25, 0.3) is 0 Å². The van der Waals surface area contributed by atoms with Crippen molar-refractivity contribution in [3.63, 3.8) is 0 Å². The highest BCUT2D eigenvalue weighted by molar-refractivity contribution is 7.89. The second-order valence-corrected chi connectivity index (χ2v) is 13.1. The van der Waals surface area contributed by atoms with Gasteiger partial charge in [-0.05, 0) is 62.8 Å². The predicted molar refractivity (Wildman–Crippen MR) is 125 cm³/mol. The lowest BCUT2D eigenvalue weighted by Gasteiger charge is -2.32. The lowest BCUT2D eigenvalue weighted by atomic mass is 9.96. The number of benzene rings is 1. The number of nitrogens with one attached hydrogen (secondary N) is 2. The number of carbonyl (C=O) groups excluding carboxylic acids is 1. The van der Waals surface area contributed by atoms with Gasteiger partial charge in [-0.1, -0.05) is 19.3 Å². The van der Waals surface area contributed by atoms with E-state index in [-0.39, 0.29) is 27.9 Å². The van der Waals surface area contributed by atoms with Crippen molar-refractivity contribution in [1.82, 2.24) is 19.2 Å². The maximum absolute atomic E-state index is 13.1. The summed E-state index contributed by atoms with van der Waals surface area (Å²) in [4.78, 5) is 12.5. The van der Waals surface area contributed by atoms with Gasteiger partial charge in [-0.3, -0.25) is 0 Å². The predicted octanol–water partition coefficient (Wildman–Crippen LogP) is 2.26. The standard InChI is InChI=1S/C22H34N4O5S2/c27-22(23-18-6-2-1-3-7-18)24-19-12-16-26(17-13-19)33(30,31)21-10-8-20(9-11-21)32(28,29)25-14-4-5-15-25/h8-11,18-19H,1-7,12-17H2,(H2,23,24,27). The average Bonchev–Trinajstić information content (AvgIpc) is 3.36. The molecule has 3 aliphatic rings. The molecule has 2 amide bonds. The Bertz CT molecular complexity index is 1020. The van der Waals surface area contributed by atoms with Gasteiger partial charge in [0.1, 0.15) is 0 Å². The van der Waals surface area contributed by atoms with Gasteiger partial charge in [0, 0.05) is 38.3 Å². The maximum atomic E-state index is 13.1. The van der Waals surface area contributed by atoms with Crippen molar-refractivity contribution in [2.24, 2.45) is 0 Å². The van der Waals surface area contributed by atoms with Gasteiger partial charge in [0.2, 0.25) is 20.0 Å². The average molecular weight is 499 g/mol. The summed E-state index contributed by atoms with van der Waals surface area (Å²) >= 11 is 0. The highest BCUT2D eigenvalue weighted by Crippen LogP contribution is 2.25. The summed E-state index contributed by atoms with van der Waals surface area (Å²) < 4.78 is 54.3. The zero-order valence-electron chi connectivity index (χ0n) is 18.9. The molecule has 0 unspecified atom stereocenters. The summed E-state index contributed by atoms with van der Waals surface area (Å²) in [5.74, 6) is 0. The van der Waals surface area contributed by atoms with Gasteiger partial charge in [0.15, 0.2) is 0 Å². The molecule has 3 fully saturated rings. The number of sulfonamides is 2. The van der Waals surface area contributed by atoms with Gasteiger partial charge in [-0.2, -0.15) is 8.61 Å². The third-order valence-corrected chi connectivity index (χ3v) is 10.7. The van der Waals surface area contributed by atoms with E-state index >= 15 is 0 Å². The van der Waals surface area contributed by atoms with Crippen LogP contribution in [0.4, 0.5) is 4.79 Å². The van der Waals surface area contributed by atoms with Crippen LogP contribution in [0.15, 0.2) is 34.1 Å². The first-order chi connectivity index (χ1) is 15.8. The SMILES string of the molecule is O=C(NC1CCCCC1)NC1CCN(S(=O)(=O)c2ccc(S(=O)(=O)N3CCCC3)cc2)CC1. The van der Waals surface area contributed by atoms with E-state index in [2.05, 4.69) is 10.6 Å². The fourth-order valence-corrected chi connectivity index (χ4v) is 7.90. The number of rotatable bonds is 6. The Morgan fingerprint density at radius 3 is 1.55 bits per heavy atom. The molecule has 2 N–H and O–H groups in total. The summed E-state index contributed by atoms with van der Waals surface area (Å²) in [5.41, 5.74) is 0. The Morgan fingerprint density at radius 2 is 1.06 bits per heavy atom. The van der Waals surface area contributed by atoms with Crippen molar-refractivity contribution in [2.45, 2.75) is 79.7 Å². The maximum Gasteiger partial charge on any atom is 0.315 e. The molecule has 1 aliphatic carbocycles. The highest BCUT2D eigenvalue weighted by Gasteiger charge is 2.32. The largest absolute Gasteiger partial charge is 0.335 e. The van der Waals surface area contributed by atoms with Crippen LogP contribution in [0.5, 0.6) is 0 Å². The monoisotopic (exact) mass is 498 g/mol. The van der Waals surface area contributed by atoms with E-state index in [1.165, 1.54) is 39.3 Å². The van der Waals surface area contributed by atoms with Gasteiger partial charge in [-0.15, -0.1) is 0 Å². The summed E-state index contributed by atoms with van der Waals surface area (Å²) in [5, 5.41) is 6.02. The van der Waals surface area contributed by atoms with E-state index in [9.17, 15) is 21.6 Å². The molecule has 0 aromatic heterocycles. The molecule has 2 saturated heterocycles. The smallest absolute Gasteiger partial charge is 0.315 e. The van der Waals surface area contributed by atoms with E-state index in [1.807, 2.05) is 0 Å². The molecule has 2 aliphatic heterocycles. The Morgan fingerprint density at radius 1 is 0.636 bits per heavy atom. The van der Waals surface area contributed by atoms with Crippen molar-refractivity contribution in [2.75, 3.05) is 26.2 Å². The summed E-state index contributed by atoms with van der Waals surface area (Å²) in [7, 11) is -7.30. The number of piperidine rings is 1. The fraction of sp³-hybridized carbons (Fsp3) is 0.682. The first-order valence-electron chi connectivity index (χ1n) is 11.9. The minimum atomic E-state index is -3.72. The van der Waals surface area contributed by atoms with Crippen LogP contribution in [0, 0.1) is 0 Å². The Hall–Kier alpha value is -1.69. The van der Waals surface area contributed by atoms with Crippen molar-refractivity contribution in [3.8, 4) is 0 Å². The van der Waals surface area contributed by atoms with Crippen LogP contribution in [0.3, 0.4) is 0 Å². The van der Waals surface area contributed by atoms with E-state index in [0.717, 1.165) is 38.5 Å². The first kappa shape index (κ1) is 24.4. The van der Waals surface area contributed by atoms with Crippen LogP contribution in [-0.2, 0) is 20.0 Å². The Balaban J connectivity index is 1.31. The van der Waals surface area contributed by atoms with Gasteiger partial charge in [0.05, 0.1) is 9.79 Å². The molecular formula is C22H34N4O5S2. The number of urea groups is 1. The van der Waals surface area contributed by atoms with Crippen LogP contribution in [0.2, 0.25) is 0 Å². The van der Waals surface area contributed by atoms with Crippen molar-refractivity contribution in [3.05, 3.63) is 24.3 Å². The highest BCUT2D eigenvalue weighted by atomic mass is 32.2. The molecule has 4 rings (SSSR count). The molecule has 1 aromatic rings. The normalized spacial score (nSPS) is 22.3. The number of nitrogens with zero attached hydrogens (tertiary/aromatic N) is 2. The quantitative estimate of drug-likeness (QED) is 0.624. The summed E-state index contributed by atoms with van der Waals surface area (Å²) in [6, 6.07) is 5.51. The van der Waals surface area contributed by atoms with E-state index in [4.69, 9.17) is 0 Å². The van der Waals surface area contributed by atoms with E-state index in [0.29, 0.717) is 39.0 Å². The fourth-order valence-electron chi connectivity index (χ4n) is 4.91.